The van der Waals surface area contributed by atoms with Crippen LogP contribution in [0.3, 0.4) is 0 Å². The van der Waals surface area contributed by atoms with Gasteiger partial charge in [-0.05, 0) is 95.6 Å². The maximum atomic E-state index is 2.54. The second kappa shape index (κ2) is 7.67. The van der Waals surface area contributed by atoms with Crippen molar-refractivity contribution in [1.29, 1.82) is 0 Å². The van der Waals surface area contributed by atoms with Crippen molar-refractivity contribution in [2.45, 2.75) is 59.1 Å². The Morgan fingerprint density at radius 1 is 1.11 bits per heavy atom. The molecule has 0 heterocycles. The van der Waals surface area contributed by atoms with Gasteiger partial charge in [-0.2, -0.15) is 0 Å². The molecule has 2 aliphatic carbocycles. The van der Waals surface area contributed by atoms with Crippen LogP contribution in [-0.4, -0.2) is 28.8 Å². The van der Waals surface area contributed by atoms with Gasteiger partial charge >= 0.3 is 0 Å². The standard InChI is InChI=1S/C25H38S2/c1-17-9-10-22-23(11-17)24(22)12-18(2)19(3)26-15-20-13-21(14-20)16-27(7,8)25(4,5)6/h9-12,20-21H,13-16H2,1-8H3/b19-18+,24-12+. The van der Waals surface area contributed by atoms with Crippen LogP contribution in [-0.2, 0) is 0 Å². The molecular weight excluding hydrogens is 364 g/mol. The van der Waals surface area contributed by atoms with E-state index in [0.29, 0.717) is 4.75 Å². The third-order valence-electron chi connectivity index (χ3n) is 6.79. The fraction of sp³-hybridized carbons (Fsp3) is 0.600. The Hall–Kier alpha value is -0.600. The van der Waals surface area contributed by atoms with Crippen molar-refractivity contribution in [2.75, 3.05) is 24.0 Å². The zero-order valence-electron chi connectivity index (χ0n) is 18.6. The summed E-state index contributed by atoms with van der Waals surface area (Å²) in [6.45, 7) is 14.0. The Bertz CT molecular complexity index is 768. The smallest absolute Gasteiger partial charge is 0.000536 e. The highest BCUT2D eigenvalue weighted by atomic mass is 32.3. The van der Waals surface area contributed by atoms with Crippen LogP contribution < -0.4 is 0 Å². The second-order valence-electron chi connectivity index (χ2n) is 10.2. The normalized spacial score (nSPS) is 25.0. The first-order valence-electron chi connectivity index (χ1n) is 10.3. The zero-order chi connectivity index (χ0) is 20.0. The van der Waals surface area contributed by atoms with E-state index >= 15 is 0 Å². The Balaban J connectivity index is 1.46. The number of aryl methyl sites for hydroxylation is 1. The molecule has 2 aliphatic rings. The average molecular weight is 403 g/mol. The summed E-state index contributed by atoms with van der Waals surface area (Å²) in [6, 6.07) is 6.80. The summed E-state index contributed by atoms with van der Waals surface area (Å²) in [5.74, 6) is 4.69. The fourth-order valence-corrected chi connectivity index (χ4v) is 6.87. The predicted molar refractivity (Wildman–Crippen MR) is 129 cm³/mol. The van der Waals surface area contributed by atoms with Gasteiger partial charge in [0.2, 0.25) is 0 Å². The van der Waals surface area contributed by atoms with Crippen LogP contribution in [0.5, 0.6) is 0 Å². The molecule has 0 atom stereocenters. The molecule has 2 heteroatoms. The monoisotopic (exact) mass is 402 g/mol. The molecule has 0 aromatic heterocycles. The Labute approximate surface area is 173 Å². The second-order valence-corrected chi connectivity index (χ2v) is 16.0. The van der Waals surface area contributed by atoms with Crippen molar-refractivity contribution >= 4 is 27.4 Å². The van der Waals surface area contributed by atoms with Crippen LogP contribution in [0, 0.1) is 18.8 Å². The lowest BCUT2D eigenvalue weighted by atomic mass is 9.77. The molecule has 0 unspecified atom stereocenters. The largest absolute Gasteiger partial charge is 0.242 e. The Morgan fingerprint density at radius 3 is 2.37 bits per heavy atom. The maximum Gasteiger partial charge on any atom is 0.000536 e. The third-order valence-corrected chi connectivity index (χ3v) is 12.8. The van der Waals surface area contributed by atoms with Crippen LogP contribution >= 0.6 is 21.8 Å². The molecule has 0 radical (unpaired) electrons. The number of benzene rings is 1. The van der Waals surface area contributed by atoms with E-state index in [4.69, 9.17) is 0 Å². The van der Waals surface area contributed by atoms with Gasteiger partial charge in [0.05, 0.1) is 0 Å². The van der Waals surface area contributed by atoms with E-state index in [-0.39, 0.29) is 0 Å². The fourth-order valence-electron chi connectivity index (χ4n) is 3.87. The maximum absolute atomic E-state index is 2.54. The van der Waals surface area contributed by atoms with E-state index in [0.717, 1.165) is 11.8 Å². The van der Waals surface area contributed by atoms with E-state index in [1.807, 2.05) is 0 Å². The quantitative estimate of drug-likeness (QED) is 0.478. The number of allylic oxidation sites excluding steroid dienone is 3. The van der Waals surface area contributed by atoms with Gasteiger partial charge in [-0.25, -0.2) is 10.0 Å². The molecule has 27 heavy (non-hydrogen) atoms. The molecular formula is C25H38S2. The summed E-state index contributed by atoms with van der Waals surface area (Å²) in [5.41, 5.74) is 7.16. The summed E-state index contributed by atoms with van der Waals surface area (Å²) >= 11 is 2.09. The highest BCUT2D eigenvalue weighted by Crippen LogP contribution is 2.57. The third kappa shape index (κ3) is 4.88. The lowest BCUT2D eigenvalue weighted by Gasteiger charge is -2.50. The van der Waals surface area contributed by atoms with Gasteiger partial charge in [0.25, 0.3) is 0 Å². The van der Waals surface area contributed by atoms with Crippen LogP contribution in [0.4, 0.5) is 0 Å². The minimum atomic E-state index is -0.486. The van der Waals surface area contributed by atoms with Crippen molar-refractivity contribution in [3.05, 3.63) is 51.4 Å². The Morgan fingerprint density at radius 2 is 1.78 bits per heavy atom. The van der Waals surface area contributed by atoms with Gasteiger partial charge in [0.1, 0.15) is 0 Å². The first-order chi connectivity index (χ1) is 12.5. The van der Waals surface area contributed by atoms with E-state index in [2.05, 4.69) is 90.1 Å². The minimum Gasteiger partial charge on any atom is -0.242 e. The van der Waals surface area contributed by atoms with Crippen molar-refractivity contribution in [2.24, 2.45) is 11.8 Å². The van der Waals surface area contributed by atoms with Crippen LogP contribution in [0.15, 0.2) is 34.8 Å². The molecule has 0 N–H and O–H groups in total. The van der Waals surface area contributed by atoms with Gasteiger partial charge < -0.3 is 0 Å². The molecule has 1 aromatic carbocycles. The molecule has 0 spiro atoms. The van der Waals surface area contributed by atoms with Gasteiger partial charge in [0, 0.05) is 5.75 Å². The lowest BCUT2D eigenvalue weighted by molar-refractivity contribution is 0.242. The number of rotatable bonds is 6. The lowest BCUT2D eigenvalue weighted by Crippen LogP contribution is -2.35. The molecule has 0 amide bonds. The minimum absolute atomic E-state index is 0.482. The molecule has 1 aromatic rings. The van der Waals surface area contributed by atoms with Gasteiger partial charge in [0.15, 0.2) is 0 Å². The van der Waals surface area contributed by atoms with Gasteiger partial charge in [-0.1, -0.05) is 50.6 Å². The molecule has 0 nitrogen and oxygen atoms in total. The summed E-state index contributed by atoms with van der Waals surface area (Å²) < 4.78 is 0.482. The van der Waals surface area contributed by atoms with Crippen LogP contribution in [0.25, 0.3) is 5.57 Å². The number of hydrogen-bond donors (Lipinski definition) is 0. The average Bonchev–Trinajstić information content (AvgIpc) is 3.19. The number of thioether (sulfide) groups is 1. The molecule has 1 fully saturated rings. The van der Waals surface area contributed by atoms with Crippen LogP contribution in [0.2, 0.25) is 0 Å². The van der Waals surface area contributed by atoms with E-state index in [9.17, 15) is 0 Å². The Kier molecular flexibility index (Phi) is 6.00. The number of hydrogen-bond acceptors (Lipinski definition) is 1. The molecule has 0 aliphatic heterocycles. The van der Waals surface area contributed by atoms with Gasteiger partial charge in [-0.15, -0.1) is 11.8 Å². The predicted octanol–water partition coefficient (Wildman–Crippen LogP) is 7.66. The van der Waals surface area contributed by atoms with Crippen molar-refractivity contribution in [3.8, 4) is 0 Å². The van der Waals surface area contributed by atoms with Gasteiger partial charge in [-0.3, -0.25) is 0 Å². The number of fused-ring (bicyclic) bond motifs is 1. The topological polar surface area (TPSA) is 0 Å². The summed E-state index contributed by atoms with van der Waals surface area (Å²) in [4.78, 5) is 1.50. The molecule has 0 saturated heterocycles. The van der Waals surface area contributed by atoms with Crippen molar-refractivity contribution < 1.29 is 0 Å². The summed E-state index contributed by atoms with van der Waals surface area (Å²) in [7, 11) is -0.486. The SMILES string of the molecule is CC(/C=C1\c2ccc(C)cc21)=C(/C)SCC1CC(CS(C)(C)C(C)(C)C)C1. The van der Waals surface area contributed by atoms with Crippen LogP contribution in [0.1, 0.15) is 64.2 Å². The van der Waals surface area contributed by atoms with Crippen molar-refractivity contribution in [1.82, 2.24) is 0 Å². The molecule has 0 bridgehead atoms. The van der Waals surface area contributed by atoms with E-state index < -0.39 is 10.0 Å². The molecule has 1 saturated carbocycles. The zero-order valence-corrected chi connectivity index (χ0v) is 20.2. The highest BCUT2D eigenvalue weighted by molar-refractivity contribution is 8.33. The first kappa shape index (κ1) is 21.1. The summed E-state index contributed by atoms with van der Waals surface area (Å²) in [5, 5.41) is 0. The highest BCUT2D eigenvalue weighted by Gasteiger charge is 2.36. The molecule has 150 valence electrons. The first-order valence-corrected chi connectivity index (χ1v) is 13.9. The summed E-state index contributed by atoms with van der Waals surface area (Å²) in [6.07, 6.45) is 10.4. The van der Waals surface area contributed by atoms with E-state index in [1.54, 1.807) is 0 Å². The van der Waals surface area contributed by atoms with Crippen molar-refractivity contribution in [3.63, 3.8) is 0 Å². The van der Waals surface area contributed by atoms with E-state index in [1.165, 1.54) is 57.1 Å². The molecule has 3 rings (SSSR count).